The van der Waals surface area contributed by atoms with Gasteiger partial charge in [-0.1, -0.05) is 18.0 Å². The molecule has 1 aromatic rings. The second-order valence-corrected chi connectivity index (χ2v) is 6.44. The van der Waals surface area contributed by atoms with Crippen LogP contribution in [0.3, 0.4) is 0 Å². The van der Waals surface area contributed by atoms with E-state index in [4.69, 9.17) is 17.3 Å². The van der Waals surface area contributed by atoms with E-state index in [0.29, 0.717) is 28.5 Å². The Morgan fingerprint density at radius 3 is 2.50 bits per heavy atom. The molecule has 3 rings (SSSR count). The lowest BCUT2D eigenvalue weighted by molar-refractivity contribution is 0.0756. The van der Waals surface area contributed by atoms with E-state index in [1.807, 2.05) is 0 Å². The molecule has 7 heteroatoms. The average Bonchev–Trinajstić information content (AvgIpc) is 2.40. The lowest BCUT2D eigenvalue weighted by Gasteiger charge is -2.45. The average molecular weight is 367 g/mol. The highest BCUT2D eigenvalue weighted by Gasteiger charge is 2.40. The zero-order chi connectivity index (χ0) is 14.1. The van der Waals surface area contributed by atoms with Crippen LogP contribution >= 0.6 is 36.4 Å². The van der Waals surface area contributed by atoms with Crippen LogP contribution in [0.15, 0.2) is 18.5 Å². The second-order valence-electron chi connectivity index (χ2n) is 6.04. The third-order valence-corrected chi connectivity index (χ3v) is 4.99. The predicted molar refractivity (Wildman–Crippen MR) is 93.0 cm³/mol. The monoisotopic (exact) mass is 365 g/mol. The molecule has 0 spiro atoms. The third kappa shape index (κ3) is 4.05. The Morgan fingerprint density at radius 1 is 1.27 bits per heavy atom. The van der Waals surface area contributed by atoms with Gasteiger partial charge in [0.15, 0.2) is 0 Å². The number of fused-ring (bicyclic) bond motifs is 2. The lowest BCUT2D eigenvalue weighted by atomic mass is 9.67. The number of hydrogen-bond acceptors (Lipinski definition) is 3. The maximum Gasteiger partial charge on any atom is 0.253 e. The van der Waals surface area contributed by atoms with Crippen LogP contribution in [0.5, 0.6) is 0 Å². The van der Waals surface area contributed by atoms with Crippen molar-refractivity contribution in [2.24, 2.45) is 17.6 Å². The van der Waals surface area contributed by atoms with Gasteiger partial charge in [-0.05, 0) is 43.6 Å². The molecule has 2 atom stereocenters. The second kappa shape index (κ2) is 8.34. The Balaban J connectivity index is 0.00000121. The summed E-state index contributed by atoms with van der Waals surface area (Å²) in [6.45, 7) is 0. The van der Waals surface area contributed by atoms with Gasteiger partial charge in [-0.25, -0.2) is 0 Å². The normalized spacial score (nSPS) is 29.7. The minimum atomic E-state index is -0.0882. The van der Waals surface area contributed by atoms with E-state index >= 15 is 0 Å². The molecule has 2 aliphatic carbocycles. The van der Waals surface area contributed by atoms with Gasteiger partial charge >= 0.3 is 0 Å². The van der Waals surface area contributed by atoms with Gasteiger partial charge in [-0.3, -0.25) is 9.78 Å². The molecular formula is C15H22Cl3N3O. The number of nitrogens with zero attached hydrogens (tertiary/aromatic N) is 1. The molecule has 0 saturated heterocycles. The molecule has 3 N–H and O–H groups in total. The number of amides is 1. The summed E-state index contributed by atoms with van der Waals surface area (Å²) in [6, 6.07) is 2.21. The van der Waals surface area contributed by atoms with Gasteiger partial charge in [-0.15, -0.1) is 24.8 Å². The molecule has 0 radical (unpaired) electrons. The van der Waals surface area contributed by atoms with Crippen molar-refractivity contribution in [2.75, 3.05) is 0 Å². The van der Waals surface area contributed by atoms with E-state index < -0.39 is 0 Å². The van der Waals surface area contributed by atoms with E-state index in [2.05, 4.69) is 10.3 Å². The predicted octanol–water partition coefficient (Wildman–Crippen LogP) is 3.21. The molecule has 1 amide bonds. The molecule has 2 bridgehead atoms. The summed E-state index contributed by atoms with van der Waals surface area (Å²) >= 11 is 6.04. The largest absolute Gasteiger partial charge is 0.349 e. The fourth-order valence-corrected chi connectivity index (χ4v) is 4.02. The number of rotatable bonds is 2. The Hall–Kier alpha value is -0.550. The Bertz CT molecular complexity index is 501. The van der Waals surface area contributed by atoms with Crippen molar-refractivity contribution >= 4 is 42.3 Å². The van der Waals surface area contributed by atoms with E-state index in [1.165, 1.54) is 25.5 Å². The number of nitrogens with one attached hydrogen (secondary N) is 1. The summed E-state index contributed by atoms with van der Waals surface area (Å²) in [6.07, 6.45) is 8.73. The molecule has 124 valence electrons. The van der Waals surface area contributed by atoms with Crippen molar-refractivity contribution in [3.05, 3.63) is 29.0 Å². The van der Waals surface area contributed by atoms with Crippen LogP contribution in [0.1, 0.15) is 42.5 Å². The van der Waals surface area contributed by atoms with Gasteiger partial charge in [0, 0.05) is 24.5 Å². The number of carbonyl (C=O) groups excluding carboxylic acids is 1. The molecule has 0 aromatic carbocycles. The van der Waals surface area contributed by atoms with E-state index in [0.717, 1.165) is 12.8 Å². The number of aromatic nitrogens is 1. The van der Waals surface area contributed by atoms with Crippen LogP contribution in [0.2, 0.25) is 5.02 Å². The van der Waals surface area contributed by atoms with Crippen LogP contribution in [0.4, 0.5) is 0 Å². The first-order valence-corrected chi connectivity index (χ1v) is 7.69. The first-order chi connectivity index (χ1) is 9.65. The first-order valence-electron chi connectivity index (χ1n) is 7.31. The van der Waals surface area contributed by atoms with E-state index in [-0.39, 0.29) is 36.8 Å². The molecule has 2 fully saturated rings. The quantitative estimate of drug-likeness (QED) is 0.844. The highest BCUT2D eigenvalue weighted by Crippen LogP contribution is 2.39. The molecule has 22 heavy (non-hydrogen) atoms. The zero-order valence-electron chi connectivity index (χ0n) is 12.2. The first kappa shape index (κ1) is 19.5. The topological polar surface area (TPSA) is 68.0 Å². The van der Waals surface area contributed by atoms with Crippen LogP contribution in [-0.4, -0.2) is 23.0 Å². The van der Waals surface area contributed by atoms with Gasteiger partial charge in [0.1, 0.15) is 0 Å². The maximum atomic E-state index is 12.4. The standard InChI is InChI=1S/C15H20ClN3O.2ClH/c16-13-8-18-5-4-12(13)15(20)19-14-9-2-1-3-10(14)7-11(17)6-9;;/h4-5,8-11,14H,1-3,6-7,17H2,(H,19,20);2*1H. The molecule has 0 aliphatic heterocycles. The van der Waals surface area contributed by atoms with Gasteiger partial charge in [-0.2, -0.15) is 0 Å². The van der Waals surface area contributed by atoms with Crippen LogP contribution in [-0.2, 0) is 0 Å². The molecule has 4 nitrogen and oxygen atoms in total. The summed E-state index contributed by atoms with van der Waals surface area (Å²) in [5.74, 6) is 0.943. The molecule has 2 unspecified atom stereocenters. The van der Waals surface area contributed by atoms with Gasteiger partial charge in [0.05, 0.1) is 10.6 Å². The molecule has 2 saturated carbocycles. The summed E-state index contributed by atoms with van der Waals surface area (Å²) in [5, 5.41) is 3.60. The minimum Gasteiger partial charge on any atom is -0.349 e. The van der Waals surface area contributed by atoms with Gasteiger partial charge in [0.2, 0.25) is 0 Å². The van der Waals surface area contributed by atoms with E-state index in [1.54, 1.807) is 12.3 Å². The van der Waals surface area contributed by atoms with Crippen molar-refractivity contribution < 1.29 is 4.79 Å². The summed E-state index contributed by atoms with van der Waals surface area (Å²) in [5.41, 5.74) is 6.62. The third-order valence-electron chi connectivity index (χ3n) is 4.69. The van der Waals surface area contributed by atoms with Crippen molar-refractivity contribution in [3.63, 3.8) is 0 Å². The molecule has 2 aliphatic rings. The van der Waals surface area contributed by atoms with Crippen LogP contribution in [0, 0.1) is 11.8 Å². The van der Waals surface area contributed by atoms with Crippen LogP contribution < -0.4 is 11.1 Å². The van der Waals surface area contributed by atoms with Crippen molar-refractivity contribution in [1.29, 1.82) is 0 Å². The summed E-state index contributed by atoms with van der Waals surface area (Å²) in [4.78, 5) is 16.3. The van der Waals surface area contributed by atoms with Crippen molar-refractivity contribution in [2.45, 2.75) is 44.2 Å². The number of nitrogens with two attached hydrogens (primary N) is 1. The Labute approximate surface area is 148 Å². The molecular weight excluding hydrogens is 345 g/mol. The van der Waals surface area contributed by atoms with Crippen molar-refractivity contribution in [1.82, 2.24) is 10.3 Å². The van der Waals surface area contributed by atoms with E-state index in [9.17, 15) is 4.79 Å². The summed E-state index contributed by atoms with van der Waals surface area (Å²) < 4.78 is 0. The maximum absolute atomic E-state index is 12.4. The highest BCUT2D eigenvalue weighted by atomic mass is 35.5. The number of carbonyl (C=O) groups is 1. The number of hydrogen-bond donors (Lipinski definition) is 2. The fraction of sp³-hybridized carbons (Fsp3) is 0.600. The van der Waals surface area contributed by atoms with Gasteiger partial charge < -0.3 is 11.1 Å². The van der Waals surface area contributed by atoms with Gasteiger partial charge in [0.25, 0.3) is 5.91 Å². The summed E-state index contributed by atoms with van der Waals surface area (Å²) in [7, 11) is 0. The highest BCUT2D eigenvalue weighted by molar-refractivity contribution is 6.33. The van der Waals surface area contributed by atoms with Crippen LogP contribution in [0.25, 0.3) is 0 Å². The molecule has 1 aromatic heterocycles. The number of halogens is 3. The Kier molecular flexibility index (Phi) is 7.39. The fourth-order valence-electron chi connectivity index (χ4n) is 3.81. The van der Waals surface area contributed by atoms with Crippen molar-refractivity contribution in [3.8, 4) is 0 Å². The Morgan fingerprint density at radius 2 is 1.91 bits per heavy atom. The molecule has 1 heterocycles. The lowest BCUT2D eigenvalue weighted by Crippen LogP contribution is -2.53. The minimum absolute atomic E-state index is 0. The SMILES string of the molecule is Cl.Cl.NC1CC2CCCC(C1)C2NC(=O)c1ccncc1Cl. The smallest absolute Gasteiger partial charge is 0.253 e. The zero-order valence-corrected chi connectivity index (χ0v) is 14.6. The number of pyridine rings is 1.